The molecule has 0 bridgehead atoms. The van der Waals surface area contributed by atoms with Gasteiger partial charge < -0.3 is 15.4 Å². The van der Waals surface area contributed by atoms with Crippen LogP contribution in [0.4, 0.5) is 4.39 Å². The number of ether oxygens (including phenoxy) is 1. The maximum absolute atomic E-state index is 13.1. The van der Waals surface area contributed by atoms with Gasteiger partial charge in [-0.25, -0.2) is 9.18 Å². The van der Waals surface area contributed by atoms with Crippen LogP contribution in [0.25, 0.3) is 0 Å². The average Bonchev–Trinajstić information content (AvgIpc) is 2.79. The standard InChI is InChI=1S/C23H25FN2O4/c1-30-22(29)23(15-16-24,26-21(28)19-12-6-3-7-13-19)14-8-9-17-25-20(27)18-10-4-2-5-11-18/h2-7,10-13,15-16H,8-9,14,17H2,1H3,(H,25,27)(H,26,28)/b16-15-/t23-/m0/s1. The first-order valence-electron chi connectivity index (χ1n) is 9.59. The lowest BCUT2D eigenvalue weighted by Crippen LogP contribution is -2.53. The number of hydrogen-bond acceptors (Lipinski definition) is 4. The summed E-state index contributed by atoms with van der Waals surface area (Å²) in [5.41, 5.74) is -0.745. The fourth-order valence-electron chi connectivity index (χ4n) is 2.98. The van der Waals surface area contributed by atoms with E-state index >= 15 is 0 Å². The number of carbonyl (C=O) groups excluding carboxylic acids is 3. The molecule has 0 aromatic heterocycles. The maximum atomic E-state index is 13.1. The molecular formula is C23H25FN2O4. The third-order valence-electron chi connectivity index (χ3n) is 4.59. The first-order valence-corrected chi connectivity index (χ1v) is 9.59. The van der Waals surface area contributed by atoms with Crippen molar-refractivity contribution in [3.63, 3.8) is 0 Å². The van der Waals surface area contributed by atoms with Crippen molar-refractivity contribution in [2.24, 2.45) is 0 Å². The summed E-state index contributed by atoms with van der Waals surface area (Å²) in [7, 11) is 1.18. The summed E-state index contributed by atoms with van der Waals surface area (Å²) < 4.78 is 17.9. The molecule has 0 spiro atoms. The van der Waals surface area contributed by atoms with E-state index in [0.717, 1.165) is 6.08 Å². The first-order chi connectivity index (χ1) is 14.5. The van der Waals surface area contributed by atoms with Crippen LogP contribution in [-0.4, -0.2) is 37.0 Å². The predicted octanol–water partition coefficient (Wildman–Crippen LogP) is 3.41. The van der Waals surface area contributed by atoms with Gasteiger partial charge in [0.2, 0.25) is 0 Å². The van der Waals surface area contributed by atoms with Crippen LogP contribution in [-0.2, 0) is 9.53 Å². The van der Waals surface area contributed by atoms with Gasteiger partial charge in [-0.1, -0.05) is 36.4 Å². The molecule has 0 aliphatic heterocycles. The number of amides is 2. The molecule has 158 valence electrons. The number of methoxy groups -OCH3 is 1. The first kappa shape index (κ1) is 22.8. The Morgan fingerprint density at radius 3 is 2.03 bits per heavy atom. The van der Waals surface area contributed by atoms with Gasteiger partial charge >= 0.3 is 5.97 Å². The maximum Gasteiger partial charge on any atom is 0.335 e. The highest BCUT2D eigenvalue weighted by Gasteiger charge is 2.38. The van der Waals surface area contributed by atoms with E-state index in [1.54, 1.807) is 54.6 Å². The Balaban J connectivity index is 1.98. The molecular weight excluding hydrogens is 387 g/mol. The molecule has 2 aromatic carbocycles. The molecule has 6 nitrogen and oxygen atoms in total. The van der Waals surface area contributed by atoms with Crippen molar-refractivity contribution in [3.8, 4) is 0 Å². The number of esters is 1. The zero-order chi connectivity index (χ0) is 21.8. The van der Waals surface area contributed by atoms with Crippen molar-refractivity contribution < 1.29 is 23.5 Å². The topological polar surface area (TPSA) is 84.5 Å². The summed E-state index contributed by atoms with van der Waals surface area (Å²) in [6, 6.07) is 17.1. The van der Waals surface area contributed by atoms with Crippen LogP contribution in [0.5, 0.6) is 0 Å². The molecule has 2 rings (SSSR count). The smallest absolute Gasteiger partial charge is 0.335 e. The lowest BCUT2D eigenvalue weighted by atomic mass is 9.91. The minimum Gasteiger partial charge on any atom is -0.467 e. The van der Waals surface area contributed by atoms with E-state index in [1.807, 2.05) is 6.07 Å². The Bertz CT molecular complexity index is 871. The molecule has 0 saturated heterocycles. The van der Waals surface area contributed by atoms with Gasteiger partial charge in [0.15, 0.2) is 5.54 Å². The highest BCUT2D eigenvalue weighted by Crippen LogP contribution is 2.20. The van der Waals surface area contributed by atoms with Crippen LogP contribution in [0.15, 0.2) is 73.1 Å². The molecule has 0 aliphatic rings. The van der Waals surface area contributed by atoms with Crippen LogP contribution in [0, 0.1) is 0 Å². The van der Waals surface area contributed by atoms with Gasteiger partial charge in [-0.2, -0.15) is 0 Å². The van der Waals surface area contributed by atoms with Crippen molar-refractivity contribution >= 4 is 17.8 Å². The van der Waals surface area contributed by atoms with Gasteiger partial charge in [0, 0.05) is 17.7 Å². The lowest BCUT2D eigenvalue weighted by molar-refractivity contribution is -0.146. The molecule has 1 atom stereocenters. The summed E-state index contributed by atoms with van der Waals surface area (Å²) in [6.07, 6.45) is 2.28. The van der Waals surface area contributed by atoms with Crippen molar-refractivity contribution in [2.75, 3.05) is 13.7 Å². The molecule has 2 aromatic rings. The quantitative estimate of drug-likeness (QED) is 0.463. The van der Waals surface area contributed by atoms with Crippen LogP contribution in [0.3, 0.4) is 0 Å². The third-order valence-corrected chi connectivity index (χ3v) is 4.59. The molecule has 0 radical (unpaired) electrons. The molecule has 7 heteroatoms. The van der Waals surface area contributed by atoms with E-state index < -0.39 is 17.4 Å². The third kappa shape index (κ3) is 6.27. The second-order valence-electron chi connectivity index (χ2n) is 6.65. The predicted molar refractivity (Wildman–Crippen MR) is 112 cm³/mol. The molecule has 2 amide bonds. The van der Waals surface area contributed by atoms with Gasteiger partial charge in [-0.05, 0) is 49.6 Å². The van der Waals surface area contributed by atoms with E-state index in [-0.39, 0.29) is 18.7 Å². The van der Waals surface area contributed by atoms with Crippen LogP contribution in [0.2, 0.25) is 0 Å². The Morgan fingerprint density at radius 1 is 0.933 bits per heavy atom. The summed E-state index contributed by atoms with van der Waals surface area (Å²) in [5.74, 6) is -1.48. The van der Waals surface area contributed by atoms with E-state index in [4.69, 9.17) is 4.74 Å². The zero-order valence-corrected chi connectivity index (χ0v) is 16.8. The van der Waals surface area contributed by atoms with E-state index in [0.29, 0.717) is 30.5 Å². The molecule has 2 N–H and O–H groups in total. The van der Waals surface area contributed by atoms with Crippen molar-refractivity contribution in [3.05, 3.63) is 84.2 Å². The van der Waals surface area contributed by atoms with Crippen molar-refractivity contribution in [1.82, 2.24) is 10.6 Å². The van der Waals surface area contributed by atoms with Gasteiger partial charge in [0.1, 0.15) is 0 Å². The second-order valence-corrected chi connectivity index (χ2v) is 6.65. The van der Waals surface area contributed by atoms with Gasteiger partial charge in [0.25, 0.3) is 11.8 Å². The molecule has 0 fully saturated rings. The number of hydrogen-bond donors (Lipinski definition) is 2. The molecule has 0 heterocycles. The monoisotopic (exact) mass is 412 g/mol. The Morgan fingerprint density at radius 2 is 1.50 bits per heavy atom. The average molecular weight is 412 g/mol. The van der Waals surface area contributed by atoms with Gasteiger partial charge in [0.05, 0.1) is 13.4 Å². The number of nitrogens with one attached hydrogen (secondary N) is 2. The van der Waals surface area contributed by atoms with Crippen LogP contribution < -0.4 is 10.6 Å². The Kier molecular flexibility index (Phi) is 8.75. The lowest BCUT2D eigenvalue weighted by Gasteiger charge is -2.29. The molecule has 30 heavy (non-hydrogen) atoms. The summed E-state index contributed by atoms with van der Waals surface area (Å²) in [5, 5.41) is 5.39. The highest BCUT2D eigenvalue weighted by molar-refractivity contribution is 5.99. The van der Waals surface area contributed by atoms with Crippen molar-refractivity contribution in [2.45, 2.75) is 24.8 Å². The number of rotatable bonds is 10. The fourth-order valence-corrected chi connectivity index (χ4v) is 2.98. The van der Waals surface area contributed by atoms with Crippen LogP contribution >= 0.6 is 0 Å². The number of halogens is 1. The normalized spacial score (nSPS) is 12.7. The molecule has 0 aliphatic carbocycles. The van der Waals surface area contributed by atoms with Crippen LogP contribution in [0.1, 0.15) is 40.0 Å². The number of benzene rings is 2. The summed E-state index contributed by atoms with van der Waals surface area (Å²) >= 11 is 0. The van der Waals surface area contributed by atoms with Gasteiger partial charge in [-0.15, -0.1) is 0 Å². The summed E-state index contributed by atoms with van der Waals surface area (Å²) in [6.45, 7) is 0.372. The highest BCUT2D eigenvalue weighted by atomic mass is 19.1. The fraction of sp³-hybridized carbons (Fsp3) is 0.261. The minimum absolute atomic E-state index is 0.111. The Labute approximate surface area is 175 Å². The number of unbranched alkanes of at least 4 members (excludes halogenated alkanes) is 1. The SMILES string of the molecule is COC(=O)[C@@](/C=C\F)(CCCCNC(=O)c1ccccc1)NC(=O)c1ccccc1. The number of carbonyl (C=O) groups is 3. The zero-order valence-electron chi connectivity index (χ0n) is 16.8. The van der Waals surface area contributed by atoms with Crippen molar-refractivity contribution in [1.29, 1.82) is 0 Å². The molecule has 0 saturated carbocycles. The van der Waals surface area contributed by atoms with Gasteiger partial charge in [-0.3, -0.25) is 9.59 Å². The Hall–Kier alpha value is -3.48. The summed E-state index contributed by atoms with van der Waals surface area (Å²) in [4.78, 5) is 37.0. The molecule has 0 unspecified atom stereocenters. The second kappa shape index (κ2) is 11.5. The minimum atomic E-state index is -1.64. The van der Waals surface area contributed by atoms with E-state index in [2.05, 4.69) is 10.6 Å². The van der Waals surface area contributed by atoms with E-state index in [9.17, 15) is 18.8 Å². The largest absolute Gasteiger partial charge is 0.467 e. The van der Waals surface area contributed by atoms with E-state index in [1.165, 1.54) is 7.11 Å².